The monoisotopic (exact) mass is 606 g/mol. The zero-order chi connectivity index (χ0) is 29.9. The van der Waals surface area contributed by atoms with Crippen molar-refractivity contribution in [3.63, 3.8) is 0 Å². The molecule has 1 aliphatic carbocycles. The molecule has 2 aromatic rings. The van der Waals surface area contributed by atoms with Crippen molar-refractivity contribution in [1.29, 1.82) is 0 Å². The zero-order valence-corrected chi connectivity index (χ0v) is 25.8. The van der Waals surface area contributed by atoms with E-state index in [1.807, 2.05) is 6.92 Å². The second-order valence-electron chi connectivity index (χ2n) is 10.2. The fraction of sp³-hybridized carbons (Fsp3) is 0.571. The van der Waals surface area contributed by atoms with E-state index in [9.17, 15) is 19.2 Å². The van der Waals surface area contributed by atoms with Gasteiger partial charge >= 0.3 is 11.9 Å². The maximum absolute atomic E-state index is 13.0. The third-order valence-electron chi connectivity index (χ3n) is 6.87. The van der Waals surface area contributed by atoms with Gasteiger partial charge in [-0.15, -0.1) is 0 Å². The van der Waals surface area contributed by atoms with E-state index >= 15 is 0 Å². The number of fused-ring (bicyclic) bond motifs is 1. The van der Waals surface area contributed by atoms with Gasteiger partial charge in [-0.3, -0.25) is 19.2 Å². The van der Waals surface area contributed by atoms with E-state index in [-0.39, 0.29) is 37.5 Å². The van der Waals surface area contributed by atoms with Gasteiger partial charge in [-0.25, -0.2) is 4.63 Å². The molecule has 0 radical (unpaired) electrons. The van der Waals surface area contributed by atoms with Gasteiger partial charge in [0.15, 0.2) is 0 Å². The number of hydrogen-bond acceptors (Lipinski definition) is 11. The van der Waals surface area contributed by atoms with E-state index in [4.69, 9.17) is 14.1 Å². The molecule has 224 valence electrons. The highest BCUT2D eigenvalue weighted by Crippen LogP contribution is 2.37. The number of esters is 2. The number of rotatable bonds is 14. The number of carbonyl (C=O) groups is 4. The number of allylic oxidation sites excluding steroid dienone is 1. The predicted octanol–water partition coefficient (Wildman–Crippen LogP) is 4.97. The van der Waals surface area contributed by atoms with Crippen LogP contribution in [0, 0.1) is 0 Å². The molecule has 0 atom stereocenters. The first-order valence-corrected chi connectivity index (χ1v) is 15.9. The van der Waals surface area contributed by atoms with Gasteiger partial charge in [0.05, 0.1) is 19.4 Å². The Balaban J connectivity index is 1.36. The third-order valence-corrected chi connectivity index (χ3v) is 10.1. The number of aromatic nitrogens is 2. The number of ether oxygens (including phenoxy) is 2. The van der Waals surface area contributed by atoms with Gasteiger partial charge in [-0.05, 0) is 61.1 Å². The maximum Gasteiger partial charge on any atom is 0.306 e. The molecule has 0 aliphatic heterocycles. The molecule has 41 heavy (non-hydrogen) atoms. The van der Waals surface area contributed by atoms with Gasteiger partial charge in [0.2, 0.25) is 6.41 Å². The van der Waals surface area contributed by atoms with E-state index in [1.165, 1.54) is 4.90 Å². The van der Waals surface area contributed by atoms with Crippen LogP contribution in [-0.4, -0.2) is 82.5 Å². The summed E-state index contributed by atoms with van der Waals surface area (Å²) >= 11 is 0. The van der Waals surface area contributed by atoms with Crippen molar-refractivity contribution < 1.29 is 33.3 Å². The van der Waals surface area contributed by atoms with Gasteiger partial charge < -0.3 is 19.3 Å². The number of carbonyl (C=O) groups excluding carboxylic acids is 4. The summed E-state index contributed by atoms with van der Waals surface area (Å²) < 4.78 is 15.6. The topological polar surface area (TPSA) is 132 Å². The average molecular weight is 607 g/mol. The Bertz CT molecular complexity index is 1240. The van der Waals surface area contributed by atoms with Gasteiger partial charge in [-0.1, -0.05) is 35.4 Å². The summed E-state index contributed by atoms with van der Waals surface area (Å²) in [5.41, 5.74) is 2.45. The molecular weight excluding hydrogens is 568 g/mol. The molecule has 0 bridgehead atoms. The summed E-state index contributed by atoms with van der Waals surface area (Å²) in [5.74, 6) is -1.01. The third kappa shape index (κ3) is 9.77. The molecule has 13 heteroatoms. The second kappa shape index (κ2) is 15.8. The highest BCUT2D eigenvalue weighted by atomic mass is 33.1. The van der Waals surface area contributed by atoms with Crippen LogP contribution in [0.1, 0.15) is 76.1 Å². The number of benzene rings is 1. The average Bonchev–Trinajstić information content (AvgIpc) is 3.44. The van der Waals surface area contributed by atoms with Crippen LogP contribution < -0.4 is 0 Å². The molecule has 0 N–H and O–H groups in total. The molecule has 0 spiro atoms. The van der Waals surface area contributed by atoms with Crippen molar-refractivity contribution in [2.24, 2.45) is 0 Å². The van der Waals surface area contributed by atoms with Crippen molar-refractivity contribution in [3.05, 3.63) is 34.4 Å². The Hall–Kier alpha value is -3.06. The lowest BCUT2D eigenvalue weighted by molar-refractivity contribution is -0.155. The summed E-state index contributed by atoms with van der Waals surface area (Å²) in [7, 11) is 6.71. The van der Waals surface area contributed by atoms with Crippen molar-refractivity contribution in [2.45, 2.75) is 83.1 Å². The van der Waals surface area contributed by atoms with E-state index in [0.29, 0.717) is 54.0 Å². The minimum atomic E-state index is -0.465. The van der Waals surface area contributed by atoms with Crippen LogP contribution in [0.25, 0.3) is 11.0 Å². The quantitative estimate of drug-likeness (QED) is 0.164. The molecule has 1 aliphatic rings. The van der Waals surface area contributed by atoms with E-state index < -0.39 is 11.9 Å². The van der Waals surface area contributed by atoms with E-state index in [1.54, 1.807) is 58.8 Å². The number of nitrogens with zero attached hydrogens (tertiary/aromatic N) is 4. The smallest absolute Gasteiger partial charge is 0.306 e. The second-order valence-corrected chi connectivity index (χ2v) is 13.1. The van der Waals surface area contributed by atoms with Gasteiger partial charge in [-0.2, -0.15) is 0 Å². The van der Waals surface area contributed by atoms with E-state index in [2.05, 4.69) is 24.2 Å². The first-order valence-electron chi connectivity index (χ1n) is 13.6. The summed E-state index contributed by atoms with van der Waals surface area (Å²) in [6.45, 7) is 6.19. The van der Waals surface area contributed by atoms with E-state index in [0.717, 1.165) is 17.0 Å². The van der Waals surface area contributed by atoms with Crippen molar-refractivity contribution in [1.82, 2.24) is 20.1 Å². The lowest BCUT2D eigenvalue weighted by atomic mass is 9.91. The fourth-order valence-corrected chi connectivity index (χ4v) is 6.60. The zero-order valence-electron chi connectivity index (χ0n) is 24.2. The van der Waals surface area contributed by atoms with Gasteiger partial charge in [0.1, 0.15) is 17.1 Å². The lowest BCUT2D eigenvalue weighted by Gasteiger charge is -2.34. The van der Waals surface area contributed by atoms with Crippen molar-refractivity contribution in [2.75, 3.05) is 20.7 Å². The molecule has 11 nitrogen and oxygen atoms in total. The first-order chi connectivity index (χ1) is 19.6. The summed E-state index contributed by atoms with van der Waals surface area (Å²) in [6.07, 6.45) is 3.57. The Morgan fingerprint density at radius 3 is 2.41 bits per heavy atom. The lowest BCUT2D eigenvalue weighted by Crippen LogP contribution is -2.41. The van der Waals surface area contributed by atoms with Crippen LogP contribution in [0.4, 0.5) is 0 Å². The SMILES string of the molecule is C/C(=C(/CCOC(=O)CCC(=O)OC1CCC(N(C)C(=O)c2ccc3nonc3c2)CC1)SSC(C)C)N(C)C=O. The summed E-state index contributed by atoms with van der Waals surface area (Å²) in [5, 5.41) is 7.95. The predicted molar refractivity (Wildman–Crippen MR) is 158 cm³/mol. The summed E-state index contributed by atoms with van der Waals surface area (Å²) in [4.78, 5) is 52.9. The Morgan fingerprint density at radius 2 is 1.73 bits per heavy atom. The Morgan fingerprint density at radius 1 is 1.05 bits per heavy atom. The van der Waals surface area contributed by atoms with Crippen LogP contribution in [0.15, 0.2) is 33.4 Å². The Kier molecular flexibility index (Phi) is 12.5. The van der Waals surface area contributed by atoms with Gasteiger partial charge in [0.25, 0.3) is 5.91 Å². The molecule has 1 aromatic carbocycles. The molecule has 3 rings (SSSR count). The normalized spacial score (nSPS) is 17.6. The number of amides is 2. The standard InChI is InChI=1S/C28H38N4O7S2/c1-18(2)40-41-25(19(3)31(4)17-33)14-15-37-26(34)12-13-27(35)38-22-9-7-21(8-10-22)32(5)28(36)20-6-11-23-24(16-20)30-39-29-23/h6,11,16-18,21-22H,7-10,12-15H2,1-5H3/b25-19+. The molecule has 1 saturated carbocycles. The van der Waals surface area contributed by atoms with Crippen LogP contribution in [0.2, 0.25) is 0 Å². The molecule has 2 amide bonds. The molecule has 0 saturated heterocycles. The van der Waals surface area contributed by atoms with Crippen LogP contribution in [0.3, 0.4) is 0 Å². The van der Waals surface area contributed by atoms with Crippen molar-refractivity contribution >= 4 is 56.9 Å². The molecule has 1 fully saturated rings. The minimum Gasteiger partial charge on any atom is -0.465 e. The van der Waals surface area contributed by atoms with Crippen LogP contribution in [0.5, 0.6) is 0 Å². The fourth-order valence-electron chi connectivity index (χ4n) is 4.33. The van der Waals surface area contributed by atoms with Crippen molar-refractivity contribution in [3.8, 4) is 0 Å². The molecular formula is C28H38N4O7S2. The minimum absolute atomic E-state index is 0.0320. The van der Waals surface area contributed by atoms with Crippen LogP contribution >= 0.6 is 21.6 Å². The molecule has 1 aromatic heterocycles. The largest absolute Gasteiger partial charge is 0.465 e. The van der Waals surface area contributed by atoms with Gasteiger partial charge in [0, 0.05) is 48.0 Å². The molecule has 1 heterocycles. The maximum atomic E-state index is 13.0. The highest BCUT2D eigenvalue weighted by Gasteiger charge is 2.29. The highest BCUT2D eigenvalue weighted by molar-refractivity contribution is 8.78. The first kappa shape index (κ1) is 32.5. The summed E-state index contributed by atoms with van der Waals surface area (Å²) in [6, 6.07) is 5.11. The molecule has 0 unspecified atom stereocenters. The number of hydrogen-bond donors (Lipinski definition) is 0. The Labute approximate surface area is 248 Å². The van der Waals surface area contributed by atoms with Crippen LogP contribution in [-0.2, 0) is 23.9 Å².